The maximum absolute atomic E-state index is 4.35. The van der Waals surface area contributed by atoms with Gasteiger partial charge in [-0.15, -0.1) is 0 Å². The molecule has 0 N–H and O–H groups in total. The van der Waals surface area contributed by atoms with Crippen LogP contribution in [0.2, 0.25) is 0 Å². The van der Waals surface area contributed by atoms with Crippen LogP contribution in [0.5, 0.6) is 0 Å². The Bertz CT molecular complexity index is 135. The summed E-state index contributed by atoms with van der Waals surface area (Å²) >= 11 is 0.0759. The summed E-state index contributed by atoms with van der Waals surface area (Å²) in [6.07, 6.45) is 2.15. The molecule has 1 heterocycles. The fourth-order valence-electron chi connectivity index (χ4n) is 0.495. The van der Waals surface area contributed by atoms with E-state index in [2.05, 4.69) is 27.2 Å². The van der Waals surface area contributed by atoms with Crippen molar-refractivity contribution in [1.82, 2.24) is 0 Å². The van der Waals surface area contributed by atoms with Crippen molar-refractivity contribution in [3.63, 3.8) is 0 Å². The molecule has 0 bridgehead atoms. The first-order valence-corrected chi connectivity index (χ1v) is 4.89. The molecule has 0 aromatic rings. The monoisotopic (exact) mass is 222 g/mol. The Balaban J connectivity index is 2.58. The maximum atomic E-state index is 4.35. The standard InChI is InChI=1S/C6H9IN/c1-5(2)6-3-4-7-8-6/h3-5H,1-2H3/q-1. The predicted octanol–water partition coefficient (Wildman–Crippen LogP) is -1.39. The molecule has 0 fully saturated rings. The molecule has 0 radical (unpaired) electrons. The van der Waals surface area contributed by atoms with Gasteiger partial charge in [0.15, 0.2) is 0 Å². The molecule has 1 rings (SSSR count). The molecule has 8 heavy (non-hydrogen) atoms. The van der Waals surface area contributed by atoms with E-state index in [9.17, 15) is 0 Å². The topological polar surface area (TPSA) is 12.4 Å². The summed E-state index contributed by atoms with van der Waals surface area (Å²) in [4.78, 5) is 0. The van der Waals surface area contributed by atoms with Gasteiger partial charge in [-0.25, -0.2) is 0 Å². The van der Waals surface area contributed by atoms with Crippen molar-refractivity contribution in [2.75, 3.05) is 0 Å². The quantitative estimate of drug-likeness (QED) is 0.484. The van der Waals surface area contributed by atoms with Crippen LogP contribution < -0.4 is 21.5 Å². The first-order chi connectivity index (χ1) is 3.80. The van der Waals surface area contributed by atoms with Gasteiger partial charge < -0.3 is 0 Å². The third-order valence-electron chi connectivity index (χ3n) is 1.03. The van der Waals surface area contributed by atoms with Crippen LogP contribution in [0.1, 0.15) is 13.8 Å². The van der Waals surface area contributed by atoms with Gasteiger partial charge in [0.2, 0.25) is 0 Å². The Morgan fingerprint density at radius 2 is 2.38 bits per heavy atom. The SMILES string of the molecule is CC(C)C1=N[I-]C=C1. The summed E-state index contributed by atoms with van der Waals surface area (Å²) < 4.78 is 6.55. The third-order valence-corrected chi connectivity index (χ3v) is 2.54. The van der Waals surface area contributed by atoms with Crippen LogP contribution in [0.3, 0.4) is 0 Å². The van der Waals surface area contributed by atoms with E-state index in [1.54, 1.807) is 0 Å². The van der Waals surface area contributed by atoms with Crippen LogP contribution in [0.25, 0.3) is 0 Å². The van der Waals surface area contributed by atoms with Gasteiger partial charge in [0.25, 0.3) is 0 Å². The molecule has 0 aromatic heterocycles. The summed E-state index contributed by atoms with van der Waals surface area (Å²) in [5, 5.41) is 0. The van der Waals surface area contributed by atoms with Gasteiger partial charge in [0.05, 0.1) is 0 Å². The van der Waals surface area contributed by atoms with Crippen LogP contribution in [0.4, 0.5) is 0 Å². The van der Waals surface area contributed by atoms with E-state index >= 15 is 0 Å². The number of hydrogen-bond acceptors (Lipinski definition) is 1. The Hall–Kier alpha value is 0.140. The Morgan fingerprint density at radius 3 is 2.62 bits per heavy atom. The van der Waals surface area contributed by atoms with E-state index in [4.69, 9.17) is 0 Å². The molecule has 0 spiro atoms. The van der Waals surface area contributed by atoms with E-state index in [1.165, 1.54) is 5.71 Å². The zero-order valence-corrected chi connectivity index (χ0v) is 7.21. The molecule has 0 saturated carbocycles. The third kappa shape index (κ3) is 1.31. The van der Waals surface area contributed by atoms with Crippen LogP contribution in [0, 0.1) is 5.92 Å². The second-order valence-electron chi connectivity index (χ2n) is 2.05. The van der Waals surface area contributed by atoms with Gasteiger partial charge in [-0.2, -0.15) is 0 Å². The molecule has 0 atom stereocenters. The van der Waals surface area contributed by atoms with Gasteiger partial charge in [0, 0.05) is 0 Å². The second-order valence-corrected chi connectivity index (χ2v) is 3.81. The minimum atomic E-state index is 0.0759. The van der Waals surface area contributed by atoms with Gasteiger partial charge >= 0.3 is 60.3 Å². The zero-order valence-electron chi connectivity index (χ0n) is 5.06. The predicted molar refractivity (Wildman–Crippen MR) is 31.4 cm³/mol. The van der Waals surface area contributed by atoms with E-state index in [1.807, 2.05) is 0 Å². The number of hydrogen-bond donors (Lipinski definition) is 0. The van der Waals surface area contributed by atoms with Crippen LogP contribution in [-0.4, -0.2) is 5.71 Å². The molecular formula is C6H9IN-. The van der Waals surface area contributed by atoms with Crippen molar-refractivity contribution < 1.29 is 21.5 Å². The summed E-state index contributed by atoms with van der Waals surface area (Å²) in [7, 11) is 0. The van der Waals surface area contributed by atoms with Crippen molar-refractivity contribution >= 4 is 5.71 Å². The normalized spacial score (nSPS) is 18.6. The number of rotatable bonds is 1. The van der Waals surface area contributed by atoms with Crippen LogP contribution in [-0.2, 0) is 0 Å². The van der Waals surface area contributed by atoms with Crippen LogP contribution >= 0.6 is 0 Å². The molecule has 0 amide bonds. The molecule has 1 aliphatic rings. The number of allylic oxidation sites excluding steroid dienone is 1. The van der Waals surface area contributed by atoms with E-state index in [-0.39, 0.29) is 21.5 Å². The van der Waals surface area contributed by atoms with Crippen molar-refractivity contribution in [3.8, 4) is 0 Å². The average Bonchev–Trinajstić information content (AvgIpc) is 2.12. The molecule has 2 heteroatoms. The molecule has 1 nitrogen and oxygen atoms in total. The fraction of sp³-hybridized carbons (Fsp3) is 0.500. The van der Waals surface area contributed by atoms with Crippen molar-refractivity contribution in [1.29, 1.82) is 0 Å². The summed E-state index contributed by atoms with van der Waals surface area (Å²) in [6.45, 7) is 4.36. The molecule has 1 aliphatic heterocycles. The summed E-state index contributed by atoms with van der Waals surface area (Å²) in [6, 6.07) is 0. The zero-order chi connectivity index (χ0) is 5.98. The Labute approximate surface area is 60.5 Å². The Kier molecular flexibility index (Phi) is 2.05. The molecule has 46 valence electrons. The van der Waals surface area contributed by atoms with E-state index in [0.717, 1.165) is 0 Å². The minimum absolute atomic E-state index is 0.0759. The number of halogens is 1. The van der Waals surface area contributed by atoms with Crippen molar-refractivity contribution in [2.45, 2.75) is 13.8 Å². The summed E-state index contributed by atoms with van der Waals surface area (Å²) in [5.41, 5.74) is 1.29. The van der Waals surface area contributed by atoms with Gasteiger partial charge in [-0.05, 0) is 0 Å². The van der Waals surface area contributed by atoms with Crippen molar-refractivity contribution in [2.24, 2.45) is 9.12 Å². The van der Waals surface area contributed by atoms with E-state index in [0.29, 0.717) is 5.92 Å². The molecule has 0 unspecified atom stereocenters. The molecule has 0 aromatic carbocycles. The first-order valence-electron chi connectivity index (χ1n) is 2.68. The van der Waals surface area contributed by atoms with Gasteiger partial charge in [-0.1, -0.05) is 0 Å². The van der Waals surface area contributed by atoms with Gasteiger partial charge in [0.1, 0.15) is 0 Å². The Morgan fingerprint density at radius 1 is 1.62 bits per heavy atom. The molecule has 0 aliphatic carbocycles. The van der Waals surface area contributed by atoms with Crippen molar-refractivity contribution in [3.05, 3.63) is 10.2 Å². The molecular weight excluding hydrogens is 213 g/mol. The van der Waals surface area contributed by atoms with Crippen LogP contribution in [0.15, 0.2) is 13.4 Å². The van der Waals surface area contributed by atoms with Gasteiger partial charge in [-0.3, -0.25) is 0 Å². The second kappa shape index (κ2) is 2.62. The fourth-order valence-corrected chi connectivity index (χ4v) is 2.22. The first kappa shape index (κ1) is 6.26. The number of nitrogens with zero attached hydrogens (tertiary/aromatic N) is 1. The summed E-state index contributed by atoms with van der Waals surface area (Å²) in [5.74, 6) is 0.633. The molecule has 0 saturated heterocycles. The average molecular weight is 222 g/mol. The van der Waals surface area contributed by atoms with E-state index < -0.39 is 0 Å².